The Balaban J connectivity index is 1.73. The average Bonchev–Trinajstić information content (AvgIpc) is 2.54. The number of hydrogen-bond acceptors (Lipinski definition) is 3. The van der Waals surface area contributed by atoms with Crippen LogP contribution in [0.4, 0.5) is 0 Å². The van der Waals surface area contributed by atoms with Crippen LogP contribution in [0.1, 0.15) is 31.7 Å². The fourth-order valence-electron chi connectivity index (χ4n) is 2.83. The fraction of sp³-hybridized carbons (Fsp3) is 0.588. The first-order chi connectivity index (χ1) is 10.2. The molecule has 0 spiro atoms. The minimum Gasteiger partial charge on any atom is -0.353 e. The van der Waals surface area contributed by atoms with E-state index < -0.39 is 6.04 Å². The van der Waals surface area contributed by atoms with Crippen molar-refractivity contribution in [2.24, 2.45) is 5.73 Å². The van der Waals surface area contributed by atoms with Crippen LogP contribution in [0.2, 0.25) is 0 Å². The highest BCUT2D eigenvalue weighted by Crippen LogP contribution is 2.11. The Morgan fingerprint density at radius 3 is 2.57 bits per heavy atom. The summed E-state index contributed by atoms with van der Waals surface area (Å²) >= 11 is 0. The number of amides is 1. The summed E-state index contributed by atoms with van der Waals surface area (Å²) in [6, 6.07) is 9.83. The van der Waals surface area contributed by atoms with Crippen molar-refractivity contribution >= 4 is 5.91 Å². The SMILES string of the molecule is CC(CNC(=O)[C@H](N)Cc1ccccc1)N1CCCCC1. The Kier molecular flexibility index (Phi) is 6.21. The fourth-order valence-corrected chi connectivity index (χ4v) is 2.83. The molecule has 0 saturated carbocycles. The van der Waals surface area contributed by atoms with Crippen LogP contribution in [0.25, 0.3) is 0 Å². The van der Waals surface area contributed by atoms with Crippen molar-refractivity contribution in [3.63, 3.8) is 0 Å². The van der Waals surface area contributed by atoms with E-state index in [0.717, 1.165) is 18.7 Å². The molecule has 4 heteroatoms. The molecule has 2 atom stereocenters. The maximum atomic E-state index is 12.1. The third-order valence-corrected chi connectivity index (χ3v) is 4.22. The molecular formula is C17H27N3O. The number of hydrogen-bond donors (Lipinski definition) is 2. The van der Waals surface area contributed by atoms with Gasteiger partial charge in [-0.05, 0) is 44.8 Å². The molecule has 1 aromatic rings. The number of nitrogens with two attached hydrogens (primary N) is 1. The van der Waals surface area contributed by atoms with Crippen LogP contribution in [-0.4, -0.2) is 42.5 Å². The first-order valence-corrected chi connectivity index (χ1v) is 7.98. The maximum absolute atomic E-state index is 12.1. The summed E-state index contributed by atoms with van der Waals surface area (Å²) in [6.07, 6.45) is 4.46. The summed E-state index contributed by atoms with van der Waals surface area (Å²) in [5.74, 6) is -0.0530. The standard InChI is InChI=1S/C17H27N3O/c1-14(20-10-6-3-7-11-20)13-19-17(21)16(18)12-15-8-4-2-5-9-15/h2,4-5,8-9,14,16H,3,6-7,10-13,18H2,1H3,(H,19,21)/t14?,16-/m1/s1. The van der Waals surface area contributed by atoms with E-state index in [1.807, 2.05) is 30.3 Å². The van der Waals surface area contributed by atoms with Crippen LogP contribution in [0.15, 0.2) is 30.3 Å². The van der Waals surface area contributed by atoms with Crippen LogP contribution < -0.4 is 11.1 Å². The highest BCUT2D eigenvalue weighted by atomic mass is 16.2. The molecule has 1 aliphatic heterocycles. The molecule has 1 fully saturated rings. The third-order valence-electron chi connectivity index (χ3n) is 4.22. The molecule has 0 aromatic heterocycles. The number of carbonyl (C=O) groups is 1. The quantitative estimate of drug-likeness (QED) is 0.835. The molecule has 4 nitrogen and oxygen atoms in total. The molecule has 1 saturated heterocycles. The molecule has 1 aromatic carbocycles. The summed E-state index contributed by atoms with van der Waals surface area (Å²) in [5.41, 5.74) is 7.09. The third kappa shape index (κ3) is 5.14. The van der Waals surface area contributed by atoms with E-state index in [2.05, 4.69) is 17.1 Å². The van der Waals surface area contributed by atoms with Crippen molar-refractivity contribution in [2.75, 3.05) is 19.6 Å². The number of piperidine rings is 1. The van der Waals surface area contributed by atoms with Crippen molar-refractivity contribution in [1.82, 2.24) is 10.2 Å². The van der Waals surface area contributed by atoms with Gasteiger partial charge in [0.15, 0.2) is 0 Å². The van der Waals surface area contributed by atoms with E-state index >= 15 is 0 Å². The molecule has 1 aliphatic rings. The number of likely N-dealkylation sites (tertiary alicyclic amines) is 1. The van der Waals surface area contributed by atoms with E-state index in [4.69, 9.17) is 5.73 Å². The molecule has 1 amide bonds. The summed E-state index contributed by atoms with van der Waals surface area (Å²) in [5, 5.41) is 2.99. The van der Waals surface area contributed by atoms with Crippen molar-refractivity contribution < 1.29 is 4.79 Å². The predicted molar refractivity (Wildman–Crippen MR) is 86.0 cm³/mol. The van der Waals surface area contributed by atoms with E-state index in [0.29, 0.717) is 19.0 Å². The highest BCUT2D eigenvalue weighted by molar-refractivity contribution is 5.81. The van der Waals surface area contributed by atoms with Crippen LogP contribution in [-0.2, 0) is 11.2 Å². The Bertz CT molecular complexity index is 429. The van der Waals surface area contributed by atoms with Gasteiger partial charge in [0.05, 0.1) is 6.04 Å². The van der Waals surface area contributed by atoms with Crippen LogP contribution in [0, 0.1) is 0 Å². The molecule has 0 aliphatic carbocycles. The minimum atomic E-state index is -0.471. The van der Waals surface area contributed by atoms with Crippen molar-refractivity contribution in [2.45, 2.75) is 44.7 Å². The van der Waals surface area contributed by atoms with Gasteiger partial charge in [-0.15, -0.1) is 0 Å². The first kappa shape index (κ1) is 16.0. The monoisotopic (exact) mass is 289 g/mol. The zero-order valence-corrected chi connectivity index (χ0v) is 12.9. The molecule has 3 N–H and O–H groups in total. The lowest BCUT2D eigenvalue weighted by molar-refractivity contribution is -0.122. The topological polar surface area (TPSA) is 58.4 Å². The molecule has 2 rings (SSSR count). The summed E-state index contributed by atoms with van der Waals surface area (Å²) in [7, 11) is 0. The first-order valence-electron chi connectivity index (χ1n) is 7.98. The van der Waals surface area contributed by atoms with Gasteiger partial charge in [-0.3, -0.25) is 9.69 Å². The Labute approximate surface area is 127 Å². The smallest absolute Gasteiger partial charge is 0.237 e. The van der Waals surface area contributed by atoms with Gasteiger partial charge in [0.25, 0.3) is 0 Å². The number of benzene rings is 1. The van der Waals surface area contributed by atoms with Gasteiger partial charge >= 0.3 is 0 Å². The van der Waals surface area contributed by atoms with E-state index in [-0.39, 0.29) is 5.91 Å². The van der Waals surface area contributed by atoms with E-state index in [9.17, 15) is 4.79 Å². The van der Waals surface area contributed by atoms with Gasteiger partial charge < -0.3 is 11.1 Å². The molecule has 21 heavy (non-hydrogen) atoms. The van der Waals surface area contributed by atoms with Gasteiger partial charge in [-0.2, -0.15) is 0 Å². The second-order valence-electron chi connectivity index (χ2n) is 5.99. The van der Waals surface area contributed by atoms with Gasteiger partial charge in [0.1, 0.15) is 0 Å². The van der Waals surface area contributed by atoms with Crippen LogP contribution in [0.3, 0.4) is 0 Å². The predicted octanol–water partition coefficient (Wildman–Crippen LogP) is 1.55. The molecule has 0 bridgehead atoms. The average molecular weight is 289 g/mol. The van der Waals surface area contributed by atoms with Gasteiger partial charge in [0, 0.05) is 12.6 Å². The Hall–Kier alpha value is -1.39. The zero-order valence-electron chi connectivity index (χ0n) is 12.9. The summed E-state index contributed by atoms with van der Waals surface area (Å²) < 4.78 is 0. The molecule has 0 radical (unpaired) electrons. The lowest BCUT2D eigenvalue weighted by Gasteiger charge is -2.32. The largest absolute Gasteiger partial charge is 0.353 e. The van der Waals surface area contributed by atoms with E-state index in [1.165, 1.54) is 19.3 Å². The second-order valence-corrected chi connectivity index (χ2v) is 5.99. The van der Waals surface area contributed by atoms with Crippen molar-refractivity contribution in [3.8, 4) is 0 Å². The lowest BCUT2D eigenvalue weighted by atomic mass is 10.1. The number of carbonyl (C=O) groups excluding carboxylic acids is 1. The number of rotatable bonds is 6. The lowest BCUT2D eigenvalue weighted by Crippen LogP contribution is -2.48. The van der Waals surface area contributed by atoms with Gasteiger partial charge in [-0.25, -0.2) is 0 Å². The Morgan fingerprint density at radius 2 is 1.90 bits per heavy atom. The normalized spacial score (nSPS) is 19.0. The van der Waals surface area contributed by atoms with Gasteiger partial charge in [-0.1, -0.05) is 36.8 Å². The molecular weight excluding hydrogens is 262 g/mol. The zero-order chi connectivity index (χ0) is 15.1. The molecule has 116 valence electrons. The molecule has 1 unspecified atom stereocenters. The minimum absolute atomic E-state index is 0.0530. The second kappa shape index (κ2) is 8.15. The number of nitrogens with zero attached hydrogens (tertiary/aromatic N) is 1. The van der Waals surface area contributed by atoms with Crippen molar-refractivity contribution in [1.29, 1.82) is 0 Å². The van der Waals surface area contributed by atoms with Crippen LogP contribution in [0.5, 0.6) is 0 Å². The summed E-state index contributed by atoms with van der Waals surface area (Å²) in [6.45, 7) is 5.15. The maximum Gasteiger partial charge on any atom is 0.237 e. The van der Waals surface area contributed by atoms with Gasteiger partial charge in [0.2, 0.25) is 5.91 Å². The number of nitrogens with one attached hydrogen (secondary N) is 1. The molecule has 1 heterocycles. The van der Waals surface area contributed by atoms with Crippen molar-refractivity contribution in [3.05, 3.63) is 35.9 Å². The van der Waals surface area contributed by atoms with E-state index in [1.54, 1.807) is 0 Å². The Morgan fingerprint density at radius 1 is 1.24 bits per heavy atom. The van der Waals surface area contributed by atoms with Crippen LogP contribution >= 0.6 is 0 Å². The highest BCUT2D eigenvalue weighted by Gasteiger charge is 2.19. The summed E-state index contributed by atoms with van der Waals surface area (Å²) in [4.78, 5) is 14.5.